The van der Waals surface area contributed by atoms with Crippen LogP contribution in [0.2, 0.25) is 0 Å². The fourth-order valence-electron chi connectivity index (χ4n) is 1.27. The van der Waals surface area contributed by atoms with Gasteiger partial charge in [0.1, 0.15) is 0 Å². The Labute approximate surface area is 96.2 Å². The summed E-state index contributed by atoms with van der Waals surface area (Å²) in [5, 5.41) is 0. The number of rotatable bonds is 3. The molecule has 0 saturated carbocycles. The van der Waals surface area contributed by atoms with Crippen LogP contribution in [0.1, 0.15) is 25.0 Å². The highest BCUT2D eigenvalue weighted by Crippen LogP contribution is 2.09. The summed E-state index contributed by atoms with van der Waals surface area (Å²) in [5.74, 6) is -0.339. The van der Waals surface area contributed by atoms with E-state index in [2.05, 4.69) is 24.7 Å². The lowest BCUT2D eigenvalue weighted by Gasteiger charge is -1.97. The molecule has 0 aromatic heterocycles. The van der Waals surface area contributed by atoms with Gasteiger partial charge in [-0.05, 0) is 31.1 Å². The average molecular weight is 216 g/mol. The first kappa shape index (κ1) is 12.2. The van der Waals surface area contributed by atoms with Gasteiger partial charge in [-0.25, -0.2) is 4.79 Å². The maximum atomic E-state index is 10.9. The molecule has 84 valence electrons. The van der Waals surface area contributed by atoms with Crippen LogP contribution in [0, 0.1) is 0 Å². The number of carbonyl (C=O) groups excluding carboxylic acids is 1. The molecule has 0 radical (unpaired) electrons. The molecule has 0 heterocycles. The van der Waals surface area contributed by atoms with Gasteiger partial charge >= 0.3 is 5.97 Å². The van der Waals surface area contributed by atoms with E-state index in [1.165, 1.54) is 18.8 Å². The van der Waals surface area contributed by atoms with Crippen LogP contribution in [0.25, 0.3) is 12.2 Å². The SMILES string of the molecule is COC(=O)C=Cc1ccc(C=C(C)C)cc1. The highest BCUT2D eigenvalue weighted by molar-refractivity contribution is 5.86. The lowest BCUT2D eigenvalue weighted by molar-refractivity contribution is -0.134. The highest BCUT2D eigenvalue weighted by Gasteiger charge is 1.92. The van der Waals surface area contributed by atoms with Crippen molar-refractivity contribution in [3.63, 3.8) is 0 Å². The molecule has 2 heteroatoms. The molecule has 0 amide bonds. The Morgan fingerprint density at radius 2 is 1.69 bits per heavy atom. The third-order valence-corrected chi connectivity index (χ3v) is 2.00. The van der Waals surface area contributed by atoms with Gasteiger partial charge in [-0.3, -0.25) is 0 Å². The van der Waals surface area contributed by atoms with Gasteiger partial charge in [0.2, 0.25) is 0 Å². The number of allylic oxidation sites excluding steroid dienone is 1. The number of hydrogen-bond acceptors (Lipinski definition) is 2. The van der Waals surface area contributed by atoms with Crippen LogP contribution in [-0.4, -0.2) is 13.1 Å². The Balaban J connectivity index is 2.76. The number of esters is 1. The quantitative estimate of drug-likeness (QED) is 0.572. The predicted molar refractivity (Wildman–Crippen MR) is 66.8 cm³/mol. The fraction of sp³-hybridized carbons (Fsp3) is 0.214. The van der Waals surface area contributed by atoms with Gasteiger partial charge in [0.05, 0.1) is 7.11 Å². The lowest BCUT2D eigenvalue weighted by Crippen LogP contribution is -1.93. The zero-order valence-corrected chi connectivity index (χ0v) is 9.86. The van der Waals surface area contributed by atoms with Crippen LogP contribution in [0.5, 0.6) is 0 Å². The van der Waals surface area contributed by atoms with Gasteiger partial charge in [-0.1, -0.05) is 35.9 Å². The van der Waals surface area contributed by atoms with Gasteiger partial charge in [-0.2, -0.15) is 0 Å². The molecule has 0 bridgehead atoms. The minimum Gasteiger partial charge on any atom is -0.466 e. The largest absolute Gasteiger partial charge is 0.466 e. The normalized spacial score (nSPS) is 10.2. The van der Waals surface area contributed by atoms with Crippen molar-refractivity contribution in [1.29, 1.82) is 0 Å². The molecule has 0 unspecified atom stereocenters. The molecule has 0 saturated heterocycles. The first-order chi connectivity index (χ1) is 7.61. The van der Waals surface area contributed by atoms with Gasteiger partial charge in [0.25, 0.3) is 0 Å². The van der Waals surface area contributed by atoms with Crippen LogP contribution in [0.15, 0.2) is 35.9 Å². The number of methoxy groups -OCH3 is 1. The Morgan fingerprint density at radius 3 is 2.19 bits per heavy atom. The van der Waals surface area contributed by atoms with Crippen molar-refractivity contribution < 1.29 is 9.53 Å². The number of hydrogen-bond donors (Lipinski definition) is 0. The van der Waals surface area contributed by atoms with Crippen molar-refractivity contribution in [2.24, 2.45) is 0 Å². The topological polar surface area (TPSA) is 26.3 Å². The molecule has 1 aromatic rings. The summed E-state index contributed by atoms with van der Waals surface area (Å²) >= 11 is 0. The van der Waals surface area contributed by atoms with E-state index in [0.717, 1.165) is 11.1 Å². The highest BCUT2D eigenvalue weighted by atomic mass is 16.5. The number of ether oxygens (including phenoxy) is 1. The molecule has 2 nitrogen and oxygen atoms in total. The average Bonchev–Trinajstić information content (AvgIpc) is 2.27. The summed E-state index contributed by atoms with van der Waals surface area (Å²) in [6.45, 7) is 4.12. The second-order valence-electron chi connectivity index (χ2n) is 3.74. The van der Waals surface area contributed by atoms with Crippen LogP contribution in [0.4, 0.5) is 0 Å². The molecule has 0 aliphatic rings. The van der Waals surface area contributed by atoms with Crippen molar-refractivity contribution in [3.05, 3.63) is 47.0 Å². The maximum absolute atomic E-state index is 10.9. The molecule has 1 rings (SSSR count). The number of carbonyl (C=O) groups is 1. The molecule has 1 aromatic carbocycles. The molecule has 16 heavy (non-hydrogen) atoms. The summed E-state index contributed by atoms with van der Waals surface area (Å²) in [7, 11) is 1.37. The van der Waals surface area contributed by atoms with Crippen LogP contribution < -0.4 is 0 Å². The molecule has 0 aliphatic carbocycles. The predicted octanol–water partition coefficient (Wildman–Crippen LogP) is 3.30. The van der Waals surface area contributed by atoms with Crippen LogP contribution >= 0.6 is 0 Å². The van der Waals surface area contributed by atoms with E-state index in [1.54, 1.807) is 6.08 Å². The third-order valence-electron chi connectivity index (χ3n) is 2.00. The maximum Gasteiger partial charge on any atom is 0.330 e. The monoisotopic (exact) mass is 216 g/mol. The minimum atomic E-state index is -0.339. The van der Waals surface area contributed by atoms with Gasteiger partial charge in [0.15, 0.2) is 0 Å². The Morgan fingerprint density at radius 1 is 1.12 bits per heavy atom. The van der Waals surface area contributed by atoms with Crippen LogP contribution in [0.3, 0.4) is 0 Å². The Hall–Kier alpha value is -1.83. The first-order valence-electron chi connectivity index (χ1n) is 5.13. The van der Waals surface area contributed by atoms with E-state index < -0.39 is 0 Å². The zero-order chi connectivity index (χ0) is 12.0. The first-order valence-corrected chi connectivity index (χ1v) is 5.13. The van der Waals surface area contributed by atoms with E-state index in [4.69, 9.17) is 0 Å². The van der Waals surface area contributed by atoms with Crippen LogP contribution in [-0.2, 0) is 9.53 Å². The van der Waals surface area contributed by atoms with E-state index in [0.29, 0.717) is 0 Å². The molecule has 0 atom stereocenters. The molecular formula is C14H16O2. The van der Waals surface area contributed by atoms with E-state index >= 15 is 0 Å². The smallest absolute Gasteiger partial charge is 0.330 e. The summed E-state index contributed by atoms with van der Waals surface area (Å²) in [4.78, 5) is 10.9. The summed E-state index contributed by atoms with van der Waals surface area (Å²) < 4.78 is 4.51. The second kappa shape index (κ2) is 5.91. The third kappa shape index (κ3) is 4.13. The lowest BCUT2D eigenvalue weighted by atomic mass is 10.1. The summed E-state index contributed by atoms with van der Waals surface area (Å²) in [6, 6.07) is 7.97. The zero-order valence-electron chi connectivity index (χ0n) is 9.86. The van der Waals surface area contributed by atoms with E-state index in [-0.39, 0.29) is 5.97 Å². The van der Waals surface area contributed by atoms with Gasteiger partial charge < -0.3 is 4.74 Å². The molecule has 0 spiro atoms. The molecule has 0 N–H and O–H groups in total. The fourth-order valence-corrected chi connectivity index (χ4v) is 1.27. The Kier molecular flexibility index (Phi) is 4.52. The minimum absolute atomic E-state index is 0.339. The van der Waals surface area contributed by atoms with Crippen molar-refractivity contribution in [3.8, 4) is 0 Å². The number of benzene rings is 1. The van der Waals surface area contributed by atoms with Gasteiger partial charge in [0, 0.05) is 6.08 Å². The van der Waals surface area contributed by atoms with Crippen molar-refractivity contribution >= 4 is 18.1 Å². The van der Waals surface area contributed by atoms with E-state index in [1.807, 2.05) is 24.3 Å². The Bertz CT molecular complexity index is 407. The molecule has 0 fully saturated rings. The van der Waals surface area contributed by atoms with E-state index in [9.17, 15) is 4.79 Å². The second-order valence-corrected chi connectivity index (χ2v) is 3.74. The summed E-state index contributed by atoms with van der Waals surface area (Å²) in [5.41, 5.74) is 3.41. The van der Waals surface area contributed by atoms with Gasteiger partial charge in [-0.15, -0.1) is 0 Å². The standard InChI is InChI=1S/C14H16O2/c1-11(2)10-13-6-4-12(5-7-13)8-9-14(15)16-3/h4-10H,1-3H3. The molecule has 0 aliphatic heterocycles. The van der Waals surface area contributed by atoms with Crippen molar-refractivity contribution in [1.82, 2.24) is 0 Å². The van der Waals surface area contributed by atoms with Crippen molar-refractivity contribution in [2.45, 2.75) is 13.8 Å². The molecular weight excluding hydrogens is 200 g/mol. The van der Waals surface area contributed by atoms with Crippen molar-refractivity contribution in [2.75, 3.05) is 7.11 Å². The summed E-state index contributed by atoms with van der Waals surface area (Å²) in [6.07, 6.45) is 5.25.